The highest BCUT2D eigenvalue weighted by Gasteiger charge is 2.33. The minimum absolute atomic E-state index is 0.184. The molecule has 3 aromatic heterocycles. The maximum absolute atomic E-state index is 13.0. The van der Waals surface area contributed by atoms with E-state index < -0.39 is 11.7 Å². The first-order valence-corrected chi connectivity index (χ1v) is 10.0. The van der Waals surface area contributed by atoms with E-state index in [9.17, 15) is 13.2 Å². The van der Waals surface area contributed by atoms with E-state index in [0.717, 1.165) is 49.0 Å². The molecule has 1 atom stereocenters. The van der Waals surface area contributed by atoms with Crippen LogP contribution in [0.4, 0.5) is 13.2 Å². The largest absolute Gasteiger partial charge is 0.451 e. The summed E-state index contributed by atoms with van der Waals surface area (Å²) in [6.45, 7) is 1.67. The van der Waals surface area contributed by atoms with Crippen molar-refractivity contribution in [1.82, 2.24) is 20.4 Å². The molecule has 0 bridgehead atoms. The van der Waals surface area contributed by atoms with Gasteiger partial charge in [-0.05, 0) is 61.7 Å². The van der Waals surface area contributed by atoms with Crippen LogP contribution in [0.15, 0.2) is 57.7 Å². The minimum Gasteiger partial charge on any atom is -0.451 e. The summed E-state index contributed by atoms with van der Waals surface area (Å²) in [5, 5.41) is 8.31. The highest BCUT2D eigenvalue weighted by molar-refractivity contribution is 5.80. The molecule has 1 N–H and O–H groups in total. The maximum atomic E-state index is 13.0. The van der Waals surface area contributed by atoms with E-state index in [0.29, 0.717) is 17.2 Å². The molecule has 1 aliphatic rings. The van der Waals surface area contributed by atoms with Crippen molar-refractivity contribution >= 4 is 11.0 Å². The van der Waals surface area contributed by atoms with Gasteiger partial charge in [0.2, 0.25) is 0 Å². The van der Waals surface area contributed by atoms with E-state index in [1.807, 2.05) is 0 Å². The Balaban J connectivity index is 1.51. The lowest BCUT2D eigenvalue weighted by molar-refractivity contribution is -0.137. The second-order valence-electron chi connectivity index (χ2n) is 7.67. The summed E-state index contributed by atoms with van der Waals surface area (Å²) in [6.07, 6.45) is 0.669. The van der Waals surface area contributed by atoms with E-state index in [-0.39, 0.29) is 17.7 Å². The average Bonchev–Trinajstić information content (AvgIpc) is 3.42. The quantitative estimate of drug-likeness (QED) is 0.491. The smallest absolute Gasteiger partial charge is 0.416 e. The Kier molecular flexibility index (Phi) is 4.97. The molecule has 0 radical (unpaired) electrons. The number of furan rings is 1. The predicted molar refractivity (Wildman–Crippen MR) is 106 cm³/mol. The molecule has 31 heavy (non-hydrogen) atoms. The number of piperidine rings is 1. The molecule has 0 spiro atoms. The Labute approximate surface area is 175 Å². The van der Waals surface area contributed by atoms with E-state index >= 15 is 0 Å². The Morgan fingerprint density at radius 1 is 1.06 bits per heavy atom. The molecule has 0 aliphatic carbocycles. The molecule has 1 fully saturated rings. The molecule has 160 valence electrons. The number of nitrogens with zero attached hydrogens (tertiary/aromatic N) is 3. The maximum Gasteiger partial charge on any atom is 0.416 e. The first-order chi connectivity index (χ1) is 15.0. The first kappa shape index (κ1) is 19.7. The van der Waals surface area contributed by atoms with Gasteiger partial charge in [0.05, 0.1) is 11.5 Å². The second-order valence-corrected chi connectivity index (χ2v) is 7.67. The van der Waals surface area contributed by atoms with Gasteiger partial charge in [-0.25, -0.2) is 0 Å². The number of hydrogen-bond acceptors (Lipinski definition) is 6. The Morgan fingerprint density at radius 3 is 2.55 bits per heavy atom. The number of aromatic nitrogens is 3. The van der Waals surface area contributed by atoms with Gasteiger partial charge in [0.15, 0.2) is 11.6 Å². The number of nitrogens with one attached hydrogen (secondary N) is 1. The van der Waals surface area contributed by atoms with Gasteiger partial charge in [-0.2, -0.15) is 18.2 Å². The van der Waals surface area contributed by atoms with Crippen molar-refractivity contribution in [3.8, 4) is 11.7 Å². The monoisotopic (exact) mass is 428 g/mol. The van der Waals surface area contributed by atoms with Crippen LogP contribution in [0.5, 0.6) is 0 Å². The highest BCUT2D eigenvalue weighted by Crippen LogP contribution is 2.38. The third-order valence-corrected chi connectivity index (χ3v) is 5.70. The fourth-order valence-corrected chi connectivity index (χ4v) is 4.14. The number of halogens is 3. The number of alkyl halides is 3. The van der Waals surface area contributed by atoms with Crippen LogP contribution in [0, 0.1) is 5.92 Å². The zero-order valence-corrected chi connectivity index (χ0v) is 16.4. The van der Waals surface area contributed by atoms with Crippen molar-refractivity contribution in [2.45, 2.75) is 24.9 Å². The lowest BCUT2D eigenvalue weighted by Gasteiger charge is -2.29. The van der Waals surface area contributed by atoms with E-state index in [1.54, 1.807) is 24.5 Å². The molecule has 9 heteroatoms. The predicted octanol–water partition coefficient (Wildman–Crippen LogP) is 5.03. The lowest BCUT2D eigenvalue weighted by atomic mass is 9.79. The second kappa shape index (κ2) is 7.81. The van der Waals surface area contributed by atoms with Crippen molar-refractivity contribution in [2.75, 3.05) is 13.1 Å². The molecule has 0 saturated carbocycles. The van der Waals surface area contributed by atoms with Crippen molar-refractivity contribution < 1.29 is 22.1 Å². The molecule has 1 aromatic carbocycles. The lowest BCUT2D eigenvalue weighted by Crippen LogP contribution is -2.31. The molecule has 6 nitrogen and oxygen atoms in total. The molecular formula is C22H19F3N4O2. The standard InChI is InChI=1S/C22H19F3N4O2/c23-22(24,25)16-3-1-13(2-4-16)19(14-5-8-26-9-6-14)20-28-21(31-29-20)18-11-15-12-27-10-7-17(15)30-18/h1-4,7,10-12,14,19,26H,5-6,8-9H2. The molecule has 5 rings (SSSR count). The third-order valence-electron chi connectivity index (χ3n) is 5.70. The van der Waals surface area contributed by atoms with Gasteiger partial charge in [-0.15, -0.1) is 0 Å². The summed E-state index contributed by atoms with van der Waals surface area (Å²) in [5.74, 6) is 1.02. The van der Waals surface area contributed by atoms with E-state index in [2.05, 4.69) is 20.4 Å². The Bertz CT molecular complexity index is 1140. The minimum atomic E-state index is -4.38. The fourth-order valence-electron chi connectivity index (χ4n) is 4.14. The molecule has 0 amide bonds. The molecule has 1 saturated heterocycles. The molecule has 1 unspecified atom stereocenters. The van der Waals surface area contributed by atoms with Gasteiger partial charge in [0.25, 0.3) is 5.89 Å². The van der Waals surface area contributed by atoms with E-state index in [1.165, 1.54) is 12.1 Å². The molecule has 1 aliphatic heterocycles. The van der Waals surface area contributed by atoms with Crippen LogP contribution >= 0.6 is 0 Å². The van der Waals surface area contributed by atoms with Crippen molar-refractivity contribution in [1.29, 1.82) is 0 Å². The zero-order chi connectivity index (χ0) is 21.4. The van der Waals surface area contributed by atoms with Crippen LogP contribution in [-0.2, 0) is 6.18 Å². The summed E-state index contributed by atoms with van der Waals surface area (Å²) in [5.41, 5.74) is 0.716. The zero-order valence-electron chi connectivity index (χ0n) is 16.4. The van der Waals surface area contributed by atoms with Crippen molar-refractivity contribution in [3.63, 3.8) is 0 Å². The number of benzene rings is 1. The normalized spacial score (nSPS) is 16.6. The van der Waals surface area contributed by atoms with Crippen LogP contribution in [-0.4, -0.2) is 28.2 Å². The van der Waals surface area contributed by atoms with E-state index in [4.69, 9.17) is 8.94 Å². The van der Waals surface area contributed by atoms with Crippen molar-refractivity contribution in [3.05, 3.63) is 65.7 Å². The topological polar surface area (TPSA) is 77.0 Å². The number of pyridine rings is 1. The first-order valence-electron chi connectivity index (χ1n) is 10.0. The summed E-state index contributed by atoms with van der Waals surface area (Å²) in [7, 11) is 0. The van der Waals surface area contributed by atoms with Gasteiger partial charge in [-0.3, -0.25) is 4.98 Å². The highest BCUT2D eigenvalue weighted by atomic mass is 19.4. The van der Waals surface area contributed by atoms with Crippen LogP contribution in [0.3, 0.4) is 0 Å². The molecule has 4 heterocycles. The van der Waals surface area contributed by atoms with Crippen LogP contribution < -0.4 is 5.32 Å². The summed E-state index contributed by atoms with van der Waals surface area (Å²) >= 11 is 0. The van der Waals surface area contributed by atoms with Gasteiger partial charge in [0, 0.05) is 17.8 Å². The summed E-state index contributed by atoms with van der Waals surface area (Å²) in [6, 6.07) is 8.76. The Hall–Kier alpha value is -3.20. The van der Waals surface area contributed by atoms with Crippen molar-refractivity contribution in [2.24, 2.45) is 5.92 Å². The number of hydrogen-bond donors (Lipinski definition) is 1. The summed E-state index contributed by atoms with van der Waals surface area (Å²) in [4.78, 5) is 8.63. The number of rotatable bonds is 4. The SMILES string of the molecule is FC(F)(F)c1ccc(C(c2noc(-c3cc4cnccc4o3)n2)C2CCNCC2)cc1. The van der Waals surface area contributed by atoms with Crippen LogP contribution in [0.1, 0.15) is 35.7 Å². The van der Waals surface area contributed by atoms with Gasteiger partial charge in [-0.1, -0.05) is 17.3 Å². The van der Waals surface area contributed by atoms with Crippen LogP contribution in [0.2, 0.25) is 0 Å². The summed E-state index contributed by atoms with van der Waals surface area (Å²) < 4.78 is 50.3. The molecular weight excluding hydrogens is 409 g/mol. The fraction of sp³-hybridized carbons (Fsp3) is 0.318. The third kappa shape index (κ3) is 3.93. The van der Waals surface area contributed by atoms with Gasteiger partial charge < -0.3 is 14.3 Å². The van der Waals surface area contributed by atoms with Crippen LogP contribution in [0.25, 0.3) is 22.6 Å². The number of fused-ring (bicyclic) bond motifs is 1. The average molecular weight is 428 g/mol. The van der Waals surface area contributed by atoms with Gasteiger partial charge >= 0.3 is 6.18 Å². The molecule has 4 aromatic rings. The Morgan fingerprint density at radius 2 is 1.84 bits per heavy atom. The van der Waals surface area contributed by atoms with Gasteiger partial charge in [0.1, 0.15) is 5.58 Å².